The first-order chi connectivity index (χ1) is 4.09. The van der Waals surface area contributed by atoms with Crippen LogP contribution in [0.1, 0.15) is 0 Å². The van der Waals surface area contributed by atoms with Crippen LogP contribution in [-0.4, -0.2) is 28.4 Å². The Morgan fingerprint density at radius 3 is 1.89 bits per heavy atom. The fraction of sp³-hybridized carbons (Fsp3) is 0.667. The molecular weight excluding hydrogens is 147 g/mol. The Balaban J connectivity index is 4.02. The molecule has 0 aliphatic rings. The van der Waals surface area contributed by atoms with Crippen molar-refractivity contribution in [1.82, 2.24) is 0 Å². The van der Waals surface area contributed by atoms with E-state index >= 15 is 0 Å². The molecule has 2 N–H and O–H groups in total. The Kier molecular flexibility index (Phi) is 3.30. The zero-order valence-corrected chi connectivity index (χ0v) is 5.19. The van der Waals surface area contributed by atoms with E-state index in [1.54, 1.807) is 0 Å². The van der Waals surface area contributed by atoms with Gasteiger partial charge >= 0.3 is 7.68 Å². The van der Waals surface area contributed by atoms with Gasteiger partial charge in [0.2, 0.25) is 0 Å². The third kappa shape index (κ3) is 2.51. The van der Waals surface area contributed by atoms with Gasteiger partial charge in [-0.15, -0.1) is 0 Å². The second kappa shape index (κ2) is 3.50. The maximum Gasteiger partial charge on any atom is 0.348 e. The van der Waals surface area contributed by atoms with E-state index in [-0.39, 0.29) is 6.29 Å². The molecule has 2 atom stereocenters. The number of rotatable bonds is 3. The Bertz CT molecular complexity index is 154. The molecule has 0 aromatic rings. The molecule has 0 spiro atoms. The summed E-state index contributed by atoms with van der Waals surface area (Å²) in [4.78, 5) is 9.57. The van der Waals surface area contributed by atoms with Crippen molar-refractivity contribution in [3.8, 4) is 0 Å². The number of aliphatic hydroxyl groups is 2. The molecule has 9 heavy (non-hydrogen) atoms. The van der Waals surface area contributed by atoms with Crippen LogP contribution in [0, 0.1) is 0 Å². The van der Waals surface area contributed by atoms with Crippen LogP contribution >= 0.6 is 7.68 Å². The van der Waals surface area contributed by atoms with Crippen LogP contribution < -0.4 is 0 Å². The molecule has 2 unspecified atom stereocenters. The van der Waals surface area contributed by atoms with Crippen molar-refractivity contribution >= 4 is 14.0 Å². The molecule has 0 aromatic heterocycles. The van der Waals surface area contributed by atoms with E-state index in [1.165, 1.54) is 0 Å². The van der Waals surface area contributed by atoms with E-state index < -0.39 is 19.6 Å². The van der Waals surface area contributed by atoms with Gasteiger partial charge in [0.15, 0.2) is 12.1 Å². The summed E-state index contributed by atoms with van der Waals surface area (Å²) < 4.78 is 19.5. The molecule has 0 rings (SSSR count). The lowest BCUT2D eigenvalue weighted by Gasteiger charge is -2.00. The molecule has 0 fully saturated rings. The molecule has 5 nitrogen and oxygen atoms in total. The van der Waals surface area contributed by atoms with Crippen LogP contribution in [0.5, 0.6) is 0 Å². The van der Waals surface area contributed by atoms with Gasteiger partial charge in [0.1, 0.15) is 6.10 Å². The Labute approximate surface area is 51.1 Å². The van der Waals surface area contributed by atoms with Gasteiger partial charge in [-0.1, -0.05) is 0 Å². The quantitative estimate of drug-likeness (QED) is 0.401. The van der Waals surface area contributed by atoms with Crippen LogP contribution in [0.2, 0.25) is 0 Å². The normalized spacial score (nSPS) is 16.2. The monoisotopic (exact) mass is 152 g/mol. The number of carbonyl (C=O) groups excluding carboxylic acids is 1. The molecule has 0 aliphatic heterocycles. The first-order valence-electron chi connectivity index (χ1n) is 2.04. The zero-order valence-electron chi connectivity index (χ0n) is 4.30. The van der Waals surface area contributed by atoms with Gasteiger partial charge in [-0.25, -0.2) is 9.13 Å². The van der Waals surface area contributed by atoms with Gasteiger partial charge in [-0.05, 0) is 0 Å². The maximum atomic E-state index is 9.77. The Morgan fingerprint density at radius 2 is 1.78 bits per heavy atom. The molecule has 0 heterocycles. The standard InChI is InChI=1S/C3H5O5P/c4-1-2(5)3(6)9(7)8/h1-3,5-6H. The second-order valence-corrected chi connectivity index (χ2v) is 2.43. The first kappa shape index (κ1) is 8.49. The highest BCUT2D eigenvalue weighted by Gasteiger charge is 2.19. The summed E-state index contributed by atoms with van der Waals surface area (Å²) in [6, 6.07) is 0. The average molecular weight is 152 g/mol. The fourth-order valence-electron chi connectivity index (χ4n) is 0.195. The SMILES string of the molecule is O=CC(O)C(O)P(=O)=O. The fourth-order valence-corrected chi connectivity index (χ4v) is 0.515. The second-order valence-electron chi connectivity index (χ2n) is 1.33. The summed E-state index contributed by atoms with van der Waals surface area (Å²) in [5, 5.41) is 16.6. The van der Waals surface area contributed by atoms with Gasteiger partial charge in [0.05, 0.1) is 0 Å². The van der Waals surface area contributed by atoms with E-state index in [0.29, 0.717) is 0 Å². The summed E-state index contributed by atoms with van der Waals surface area (Å²) in [7, 11) is -3.13. The number of carbonyl (C=O) groups is 1. The number of hydrogen-bond acceptors (Lipinski definition) is 5. The molecule has 0 amide bonds. The number of hydrogen-bond donors (Lipinski definition) is 2. The van der Waals surface area contributed by atoms with Crippen LogP contribution in [0.4, 0.5) is 0 Å². The van der Waals surface area contributed by atoms with Gasteiger partial charge in [0.25, 0.3) is 0 Å². The summed E-state index contributed by atoms with van der Waals surface area (Å²) in [6.45, 7) is 0. The van der Waals surface area contributed by atoms with E-state index in [1.807, 2.05) is 0 Å². The topological polar surface area (TPSA) is 91.7 Å². The lowest BCUT2D eigenvalue weighted by atomic mass is 10.4. The predicted molar refractivity (Wildman–Crippen MR) is 26.4 cm³/mol. The highest BCUT2D eigenvalue weighted by Crippen LogP contribution is 2.13. The largest absolute Gasteiger partial charge is 0.382 e. The Morgan fingerprint density at radius 1 is 1.33 bits per heavy atom. The number of aliphatic hydroxyl groups excluding tert-OH is 2. The predicted octanol–water partition coefficient (Wildman–Crippen LogP) is -0.963. The van der Waals surface area contributed by atoms with Crippen molar-refractivity contribution in [2.45, 2.75) is 11.9 Å². The smallest absolute Gasteiger partial charge is 0.348 e. The van der Waals surface area contributed by atoms with E-state index in [9.17, 15) is 13.9 Å². The van der Waals surface area contributed by atoms with Gasteiger partial charge < -0.3 is 15.0 Å². The van der Waals surface area contributed by atoms with E-state index in [4.69, 9.17) is 10.2 Å². The number of aldehydes is 1. The lowest BCUT2D eigenvalue weighted by molar-refractivity contribution is -0.117. The maximum absolute atomic E-state index is 9.77. The van der Waals surface area contributed by atoms with Gasteiger partial charge in [-0.3, -0.25) is 0 Å². The van der Waals surface area contributed by atoms with E-state index in [2.05, 4.69) is 0 Å². The van der Waals surface area contributed by atoms with E-state index in [0.717, 1.165) is 0 Å². The van der Waals surface area contributed by atoms with Crippen LogP contribution in [0.15, 0.2) is 0 Å². The minimum absolute atomic E-state index is 0.0458. The molecular formula is C3H5O5P. The van der Waals surface area contributed by atoms with Crippen molar-refractivity contribution in [2.24, 2.45) is 0 Å². The zero-order chi connectivity index (χ0) is 7.44. The molecule has 0 bridgehead atoms. The molecule has 0 saturated carbocycles. The van der Waals surface area contributed by atoms with Gasteiger partial charge in [0, 0.05) is 0 Å². The highest BCUT2D eigenvalue weighted by atomic mass is 31.1. The molecule has 52 valence electrons. The summed E-state index contributed by atoms with van der Waals surface area (Å²) in [5.41, 5.74) is 0. The molecule has 0 radical (unpaired) electrons. The van der Waals surface area contributed by atoms with Crippen molar-refractivity contribution < 1.29 is 24.1 Å². The van der Waals surface area contributed by atoms with Crippen LogP contribution in [-0.2, 0) is 13.9 Å². The molecule has 0 saturated heterocycles. The lowest BCUT2D eigenvalue weighted by Crippen LogP contribution is -2.22. The van der Waals surface area contributed by atoms with Crippen LogP contribution in [0.25, 0.3) is 0 Å². The minimum atomic E-state index is -3.13. The first-order valence-corrected chi connectivity index (χ1v) is 3.29. The molecule has 0 aliphatic carbocycles. The highest BCUT2D eigenvalue weighted by molar-refractivity contribution is 7.31. The third-order valence-corrected chi connectivity index (χ3v) is 1.40. The molecule has 0 aromatic carbocycles. The van der Waals surface area contributed by atoms with Crippen molar-refractivity contribution in [3.05, 3.63) is 0 Å². The summed E-state index contributed by atoms with van der Waals surface area (Å²) in [5.74, 6) is -1.97. The van der Waals surface area contributed by atoms with Crippen molar-refractivity contribution in [3.63, 3.8) is 0 Å². The summed E-state index contributed by atoms with van der Waals surface area (Å²) >= 11 is 0. The average Bonchev–Trinajstić information content (AvgIpc) is 1.84. The summed E-state index contributed by atoms with van der Waals surface area (Å²) in [6.07, 6.45) is -1.87. The minimum Gasteiger partial charge on any atom is -0.382 e. The van der Waals surface area contributed by atoms with Crippen molar-refractivity contribution in [1.29, 1.82) is 0 Å². The molecule has 6 heteroatoms. The van der Waals surface area contributed by atoms with Crippen LogP contribution in [0.3, 0.4) is 0 Å². The Hall–Kier alpha value is -0.510. The van der Waals surface area contributed by atoms with Crippen molar-refractivity contribution in [2.75, 3.05) is 0 Å². The third-order valence-electron chi connectivity index (χ3n) is 0.661. The van der Waals surface area contributed by atoms with Gasteiger partial charge in [-0.2, -0.15) is 0 Å².